The summed E-state index contributed by atoms with van der Waals surface area (Å²) in [6.45, 7) is 0. The lowest BCUT2D eigenvalue weighted by atomic mass is 10.2. The van der Waals surface area contributed by atoms with E-state index in [2.05, 4.69) is 4.98 Å². The SMILES string of the molecule is N#Cc1c(N)cc(N)nc1N. The lowest BCUT2D eigenvalue weighted by Crippen LogP contribution is -2.02. The van der Waals surface area contributed by atoms with Crippen LogP contribution in [0.3, 0.4) is 0 Å². The molecule has 0 spiro atoms. The van der Waals surface area contributed by atoms with Gasteiger partial charge >= 0.3 is 0 Å². The highest BCUT2D eigenvalue weighted by Crippen LogP contribution is 2.18. The molecule has 0 radical (unpaired) electrons. The first-order chi connectivity index (χ1) is 5.15. The summed E-state index contributed by atoms with van der Waals surface area (Å²) in [7, 11) is 0. The average molecular weight is 149 g/mol. The fraction of sp³-hybridized carbons (Fsp3) is 0. The van der Waals surface area contributed by atoms with Crippen molar-refractivity contribution in [2.24, 2.45) is 0 Å². The third-order valence-corrected chi connectivity index (χ3v) is 1.21. The van der Waals surface area contributed by atoms with Gasteiger partial charge in [-0.15, -0.1) is 0 Å². The normalized spacial score (nSPS) is 9.00. The summed E-state index contributed by atoms with van der Waals surface area (Å²) in [4.78, 5) is 3.66. The van der Waals surface area contributed by atoms with Crippen LogP contribution < -0.4 is 17.2 Å². The molecule has 5 heteroatoms. The van der Waals surface area contributed by atoms with Gasteiger partial charge in [0.2, 0.25) is 0 Å². The van der Waals surface area contributed by atoms with E-state index in [-0.39, 0.29) is 22.9 Å². The molecular formula is C6H7N5. The van der Waals surface area contributed by atoms with Crippen LogP contribution in [0.1, 0.15) is 5.56 Å². The molecule has 0 atom stereocenters. The number of hydrogen-bond donors (Lipinski definition) is 3. The number of nitrogen functional groups attached to an aromatic ring is 3. The minimum Gasteiger partial charge on any atom is -0.397 e. The van der Waals surface area contributed by atoms with E-state index in [0.29, 0.717) is 0 Å². The average Bonchev–Trinajstić information content (AvgIpc) is 1.85. The van der Waals surface area contributed by atoms with E-state index in [4.69, 9.17) is 22.5 Å². The largest absolute Gasteiger partial charge is 0.397 e. The zero-order valence-electron chi connectivity index (χ0n) is 5.70. The molecule has 1 heterocycles. The van der Waals surface area contributed by atoms with Gasteiger partial charge in [-0.25, -0.2) is 4.98 Å². The highest BCUT2D eigenvalue weighted by molar-refractivity contribution is 5.67. The van der Waals surface area contributed by atoms with Crippen molar-refractivity contribution >= 4 is 17.3 Å². The van der Waals surface area contributed by atoms with Crippen molar-refractivity contribution in [2.45, 2.75) is 0 Å². The lowest BCUT2D eigenvalue weighted by molar-refractivity contribution is 1.32. The highest BCUT2D eigenvalue weighted by atomic mass is 14.9. The molecule has 56 valence electrons. The summed E-state index contributed by atoms with van der Waals surface area (Å²) in [6.07, 6.45) is 0. The van der Waals surface area contributed by atoms with E-state index in [0.717, 1.165) is 0 Å². The van der Waals surface area contributed by atoms with Crippen LogP contribution in [0.5, 0.6) is 0 Å². The standard InChI is InChI=1S/C6H7N5/c7-2-3-4(8)1-5(9)11-6(3)10/h1H,(H6,8,9,10,11). The van der Waals surface area contributed by atoms with Gasteiger partial charge in [0.15, 0.2) is 0 Å². The Morgan fingerprint density at radius 2 is 2.00 bits per heavy atom. The molecule has 1 aromatic heterocycles. The molecule has 0 bridgehead atoms. The van der Waals surface area contributed by atoms with Crippen molar-refractivity contribution in [3.63, 3.8) is 0 Å². The first kappa shape index (κ1) is 7.15. The maximum atomic E-state index is 8.50. The van der Waals surface area contributed by atoms with E-state index >= 15 is 0 Å². The van der Waals surface area contributed by atoms with Gasteiger partial charge in [-0.3, -0.25) is 0 Å². The first-order valence-electron chi connectivity index (χ1n) is 2.86. The Morgan fingerprint density at radius 1 is 1.36 bits per heavy atom. The molecule has 0 aromatic carbocycles. The Labute approximate surface area is 63.4 Å². The zero-order chi connectivity index (χ0) is 8.43. The van der Waals surface area contributed by atoms with Crippen LogP contribution in [0, 0.1) is 11.3 Å². The van der Waals surface area contributed by atoms with E-state index in [9.17, 15) is 0 Å². The number of nitriles is 1. The zero-order valence-corrected chi connectivity index (χ0v) is 5.70. The third-order valence-electron chi connectivity index (χ3n) is 1.21. The van der Waals surface area contributed by atoms with Gasteiger partial charge in [-0.2, -0.15) is 5.26 Å². The summed E-state index contributed by atoms with van der Waals surface area (Å²) in [6, 6.07) is 3.22. The van der Waals surface area contributed by atoms with E-state index < -0.39 is 0 Å². The minimum atomic E-state index is 0.0741. The van der Waals surface area contributed by atoms with Crippen molar-refractivity contribution < 1.29 is 0 Å². The van der Waals surface area contributed by atoms with Crippen LogP contribution >= 0.6 is 0 Å². The number of rotatable bonds is 0. The second-order valence-electron chi connectivity index (χ2n) is 2.01. The van der Waals surface area contributed by atoms with Crippen molar-refractivity contribution in [3.8, 4) is 6.07 Å². The van der Waals surface area contributed by atoms with Crippen molar-refractivity contribution in [3.05, 3.63) is 11.6 Å². The van der Waals surface area contributed by atoms with Gasteiger partial charge in [-0.05, 0) is 0 Å². The Morgan fingerprint density at radius 3 is 2.45 bits per heavy atom. The Balaban J connectivity index is 3.40. The van der Waals surface area contributed by atoms with Crippen LogP contribution in [0.2, 0.25) is 0 Å². The van der Waals surface area contributed by atoms with Crippen molar-refractivity contribution in [2.75, 3.05) is 17.2 Å². The predicted molar refractivity (Wildman–Crippen MR) is 42.2 cm³/mol. The van der Waals surface area contributed by atoms with Crippen LogP contribution in [-0.2, 0) is 0 Å². The third kappa shape index (κ3) is 1.14. The summed E-state index contributed by atoms with van der Waals surface area (Å²) in [5.41, 5.74) is 16.5. The molecule has 0 amide bonds. The topological polar surface area (TPSA) is 115 Å². The lowest BCUT2D eigenvalue weighted by Gasteiger charge is -2.00. The number of nitrogens with two attached hydrogens (primary N) is 3. The summed E-state index contributed by atoms with van der Waals surface area (Å²) >= 11 is 0. The van der Waals surface area contributed by atoms with Crippen molar-refractivity contribution in [1.29, 1.82) is 5.26 Å². The van der Waals surface area contributed by atoms with Gasteiger partial charge in [0.25, 0.3) is 0 Å². The Bertz CT molecular complexity index is 301. The number of pyridine rings is 1. The molecule has 0 aliphatic heterocycles. The molecule has 0 fully saturated rings. The maximum Gasteiger partial charge on any atom is 0.145 e. The molecule has 5 nitrogen and oxygen atoms in total. The van der Waals surface area contributed by atoms with E-state index in [1.165, 1.54) is 6.07 Å². The molecule has 0 aliphatic rings. The first-order valence-corrected chi connectivity index (χ1v) is 2.86. The molecule has 0 saturated carbocycles. The monoisotopic (exact) mass is 149 g/mol. The van der Waals surface area contributed by atoms with E-state index in [1.54, 1.807) is 0 Å². The van der Waals surface area contributed by atoms with Crippen molar-refractivity contribution in [1.82, 2.24) is 4.98 Å². The second kappa shape index (κ2) is 2.34. The quantitative estimate of drug-likeness (QED) is 0.468. The summed E-state index contributed by atoms with van der Waals surface area (Å²) in [5.74, 6) is 0.295. The molecule has 6 N–H and O–H groups in total. The highest BCUT2D eigenvalue weighted by Gasteiger charge is 2.04. The van der Waals surface area contributed by atoms with Gasteiger partial charge in [0, 0.05) is 6.07 Å². The number of nitrogens with zero attached hydrogens (tertiary/aromatic N) is 2. The predicted octanol–water partition coefficient (Wildman–Crippen LogP) is -0.300. The number of anilines is 3. The van der Waals surface area contributed by atoms with Crippen LogP contribution in [0.25, 0.3) is 0 Å². The minimum absolute atomic E-state index is 0.0741. The molecule has 0 saturated heterocycles. The van der Waals surface area contributed by atoms with Crippen LogP contribution in [-0.4, -0.2) is 4.98 Å². The number of aromatic nitrogens is 1. The van der Waals surface area contributed by atoms with Crippen LogP contribution in [0.15, 0.2) is 6.07 Å². The van der Waals surface area contributed by atoms with Gasteiger partial charge < -0.3 is 17.2 Å². The fourth-order valence-corrected chi connectivity index (χ4v) is 0.728. The molecule has 0 aliphatic carbocycles. The summed E-state index contributed by atoms with van der Waals surface area (Å²) in [5, 5.41) is 8.50. The second-order valence-corrected chi connectivity index (χ2v) is 2.01. The Kier molecular flexibility index (Phi) is 1.52. The summed E-state index contributed by atoms with van der Waals surface area (Å²) < 4.78 is 0. The fourth-order valence-electron chi connectivity index (χ4n) is 0.728. The van der Waals surface area contributed by atoms with Gasteiger partial charge in [-0.1, -0.05) is 0 Å². The molecule has 1 aromatic rings. The molecule has 11 heavy (non-hydrogen) atoms. The molecule has 0 unspecified atom stereocenters. The molecular weight excluding hydrogens is 142 g/mol. The van der Waals surface area contributed by atoms with Crippen LogP contribution in [0.4, 0.5) is 17.3 Å². The van der Waals surface area contributed by atoms with Gasteiger partial charge in [0.05, 0.1) is 5.69 Å². The van der Waals surface area contributed by atoms with Gasteiger partial charge in [0.1, 0.15) is 23.3 Å². The number of hydrogen-bond acceptors (Lipinski definition) is 5. The molecule has 1 rings (SSSR count). The smallest absolute Gasteiger partial charge is 0.145 e. The maximum absolute atomic E-state index is 8.50. The Hall–Kier alpha value is -1.96. The van der Waals surface area contributed by atoms with E-state index in [1.807, 2.05) is 6.07 Å².